The van der Waals surface area contributed by atoms with Gasteiger partial charge in [0.15, 0.2) is 0 Å². The second-order valence-electron chi connectivity index (χ2n) is 7.87. The molecule has 0 bridgehead atoms. The molecule has 140 valence electrons. The SMILES string of the molecule is CCc1cccc(OC2CN(C(=O)[C@H]3CC(=O)N(C4CCCC4)C3)C2)c1. The molecule has 2 saturated heterocycles. The topological polar surface area (TPSA) is 49.9 Å². The Bertz CT molecular complexity index is 678. The molecule has 0 radical (unpaired) electrons. The van der Waals surface area contributed by atoms with Crippen molar-refractivity contribution < 1.29 is 14.3 Å². The first-order valence-corrected chi connectivity index (χ1v) is 9.98. The third-order valence-electron chi connectivity index (χ3n) is 6.04. The Morgan fingerprint density at radius 3 is 2.69 bits per heavy atom. The molecule has 1 saturated carbocycles. The highest BCUT2D eigenvalue weighted by Gasteiger charge is 2.43. The highest BCUT2D eigenvalue weighted by molar-refractivity contribution is 5.89. The van der Waals surface area contributed by atoms with Crippen molar-refractivity contribution in [3.8, 4) is 5.75 Å². The van der Waals surface area contributed by atoms with Crippen LogP contribution in [0.1, 0.15) is 44.6 Å². The largest absolute Gasteiger partial charge is 0.487 e. The minimum atomic E-state index is -0.160. The van der Waals surface area contributed by atoms with E-state index < -0.39 is 0 Å². The molecule has 2 amide bonds. The van der Waals surface area contributed by atoms with Gasteiger partial charge in [0.1, 0.15) is 11.9 Å². The Morgan fingerprint density at radius 1 is 1.19 bits per heavy atom. The molecule has 2 heterocycles. The molecular formula is C21H28N2O3. The average Bonchev–Trinajstić information content (AvgIpc) is 3.26. The Hall–Kier alpha value is -2.04. The van der Waals surface area contributed by atoms with E-state index in [1.165, 1.54) is 18.4 Å². The fourth-order valence-corrected chi connectivity index (χ4v) is 4.45. The fourth-order valence-electron chi connectivity index (χ4n) is 4.45. The van der Waals surface area contributed by atoms with E-state index in [0.717, 1.165) is 25.0 Å². The van der Waals surface area contributed by atoms with Crippen LogP contribution in [0.3, 0.4) is 0 Å². The lowest BCUT2D eigenvalue weighted by molar-refractivity contribution is -0.144. The van der Waals surface area contributed by atoms with Gasteiger partial charge in [-0.2, -0.15) is 0 Å². The number of hydrogen-bond donors (Lipinski definition) is 0. The fraction of sp³-hybridized carbons (Fsp3) is 0.619. The van der Waals surface area contributed by atoms with E-state index in [4.69, 9.17) is 4.74 Å². The predicted octanol–water partition coefficient (Wildman–Crippen LogP) is 2.63. The maximum absolute atomic E-state index is 12.7. The summed E-state index contributed by atoms with van der Waals surface area (Å²) in [4.78, 5) is 28.8. The Labute approximate surface area is 155 Å². The van der Waals surface area contributed by atoms with Crippen LogP contribution < -0.4 is 4.74 Å². The summed E-state index contributed by atoms with van der Waals surface area (Å²) < 4.78 is 5.99. The van der Waals surface area contributed by atoms with Gasteiger partial charge in [-0.1, -0.05) is 31.9 Å². The van der Waals surface area contributed by atoms with Crippen LogP contribution in [0.15, 0.2) is 24.3 Å². The van der Waals surface area contributed by atoms with Crippen molar-refractivity contribution in [2.75, 3.05) is 19.6 Å². The average molecular weight is 356 g/mol. The number of carbonyl (C=O) groups excluding carboxylic acids is 2. The second-order valence-corrected chi connectivity index (χ2v) is 7.87. The molecule has 0 N–H and O–H groups in total. The van der Waals surface area contributed by atoms with Gasteiger partial charge in [0.2, 0.25) is 11.8 Å². The van der Waals surface area contributed by atoms with Gasteiger partial charge in [-0.25, -0.2) is 0 Å². The number of carbonyl (C=O) groups is 2. The number of nitrogens with zero attached hydrogens (tertiary/aromatic N) is 2. The number of amides is 2. The van der Waals surface area contributed by atoms with E-state index in [2.05, 4.69) is 19.1 Å². The molecular weight excluding hydrogens is 328 g/mol. The molecule has 5 nitrogen and oxygen atoms in total. The first-order chi connectivity index (χ1) is 12.6. The highest BCUT2D eigenvalue weighted by Crippen LogP contribution is 2.31. The quantitative estimate of drug-likeness (QED) is 0.815. The van der Waals surface area contributed by atoms with Crippen molar-refractivity contribution in [2.45, 2.75) is 57.6 Å². The molecule has 26 heavy (non-hydrogen) atoms. The zero-order valence-electron chi connectivity index (χ0n) is 15.5. The van der Waals surface area contributed by atoms with Gasteiger partial charge in [-0.15, -0.1) is 0 Å². The zero-order chi connectivity index (χ0) is 18.1. The van der Waals surface area contributed by atoms with Crippen molar-refractivity contribution in [1.82, 2.24) is 9.80 Å². The summed E-state index contributed by atoms with van der Waals surface area (Å²) in [5.41, 5.74) is 1.26. The number of likely N-dealkylation sites (tertiary alicyclic amines) is 2. The summed E-state index contributed by atoms with van der Waals surface area (Å²) in [6, 6.07) is 8.52. The van der Waals surface area contributed by atoms with E-state index in [0.29, 0.717) is 32.1 Å². The maximum atomic E-state index is 12.7. The van der Waals surface area contributed by atoms with E-state index in [1.807, 2.05) is 21.9 Å². The summed E-state index contributed by atoms with van der Waals surface area (Å²) in [7, 11) is 0. The molecule has 3 aliphatic rings. The minimum absolute atomic E-state index is 0.0640. The van der Waals surface area contributed by atoms with Crippen molar-refractivity contribution in [3.05, 3.63) is 29.8 Å². The lowest BCUT2D eigenvalue weighted by atomic mass is 10.0. The summed E-state index contributed by atoms with van der Waals surface area (Å²) in [5.74, 6) is 1.01. The first kappa shape index (κ1) is 17.4. The third-order valence-corrected chi connectivity index (χ3v) is 6.04. The smallest absolute Gasteiger partial charge is 0.228 e. The Morgan fingerprint density at radius 2 is 1.96 bits per heavy atom. The lowest BCUT2D eigenvalue weighted by Crippen LogP contribution is -2.57. The van der Waals surface area contributed by atoms with Crippen LogP contribution in [0.25, 0.3) is 0 Å². The molecule has 0 spiro atoms. The molecule has 4 rings (SSSR count). The van der Waals surface area contributed by atoms with Gasteiger partial charge >= 0.3 is 0 Å². The number of ether oxygens (including phenoxy) is 1. The van der Waals surface area contributed by atoms with Crippen LogP contribution in [-0.2, 0) is 16.0 Å². The maximum Gasteiger partial charge on any atom is 0.228 e. The van der Waals surface area contributed by atoms with Crippen LogP contribution in [0, 0.1) is 5.92 Å². The number of rotatable bonds is 5. The monoisotopic (exact) mass is 356 g/mol. The first-order valence-electron chi connectivity index (χ1n) is 9.98. The van der Waals surface area contributed by atoms with Crippen LogP contribution >= 0.6 is 0 Å². The molecule has 1 aromatic rings. The Balaban J connectivity index is 1.27. The van der Waals surface area contributed by atoms with Crippen LogP contribution in [0.4, 0.5) is 0 Å². The zero-order valence-corrected chi connectivity index (χ0v) is 15.5. The predicted molar refractivity (Wildman–Crippen MR) is 98.9 cm³/mol. The standard InChI is InChI=1S/C21H28N2O3/c1-2-15-6-5-9-18(10-15)26-19-13-22(14-19)21(25)16-11-20(24)23(12-16)17-7-3-4-8-17/h5-6,9-10,16-17,19H,2-4,7-8,11-14H2,1H3/t16-/m0/s1. The van der Waals surface area contributed by atoms with E-state index in [1.54, 1.807) is 0 Å². The highest BCUT2D eigenvalue weighted by atomic mass is 16.5. The van der Waals surface area contributed by atoms with Gasteiger partial charge in [0.05, 0.1) is 19.0 Å². The number of hydrogen-bond acceptors (Lipinski definition) is 3. The molecule has 1 atom stereocenters. The van der Waals surface area contributed by atoms with Crippen LogP contribution in [0.5, 0.6) is 5.75 Å². The summed E-state index contributed by atoms with van der Waals surface area (Å²) in [6.07, 6.45) is 6.05. The lowest BCUT2D eigenvalue weighted by Gasteiger charge is -2.40. The van der Waals surface area contributed by atoms with Crippen molar-refractivity contribution >= 4 is 11.8 Å². The number of benzene rings is 1. The summed E-state index contributed by atoms with van der Waals surface area (Å²) in [6.45, 7) is 4.00. The van der Waals surface area contributed by atoms with Gasteiger partial charge in [0, 0.05) is 19.0 Å². The molecule has 2 aliphatic heterocycles. The number of aryl methyl sites for hydroxylation is 1. The van der Waals surface area contributed by atoms with Crippen LogP contribution in [-0.4, -0.2) is 53.4 Å². The van der Waals surface area contributed by atoms with Crippen molar-refractivity contribution in [3.63, 3.8) is 0 Å². The van der Waals surface area contributed by atoms with E-state index in [-0.39, 0.29) is 23.8 Å². The van der Waals surface area contributed by atoms with Crippen molar-refractivity contribution in [1.29, 1.82) is 0 Å². The van der Waals surface area contributed by atoms with Gasteiger partial charge in [0.25, 0.3) is 0 Å². The van der Waals surface area contributed by atoms with Gasteiger partial charge in [-0.3, -0.25) is 9.59 Å². The van der Waals surface area contributed by atoms with E-state index >= 15 is 0 Å². The van der Waals surface area contributed by atoms with Crippen LogP contribution in [0.2, 0.25) is 0 Å². The Kier molecular flexibility index (Phi) is 4.88. The van der Waals surface area contributed by atoms with Gasteiger partial charge in [-0.05, 0) is 37.0 Å². The summed E-state index contributed by atoms with van der Waals surface area (Å²) >= 11 is 0. The molecule has 0 aromatic heterocycles. The third kappa shape index (κ3) is 3.44. The molecule has 3 fully saturated rings. The molecule has 1 aliphatic carbocycles. The van der Waals surface area contributed by atoms with Gasteiger partial charge < -0.3 is 14.5 Å². The van der Waals surface area contributed by atoms with E-state index in [9.17, 15) is 9.59 Å². The van der Waals surface area contributed by atoms with Crippen molar-refractivity contribution in [2.24, 2.45) is 5.92 Å². The minimum Gasteiger partial charge on any atom is -0.487 e. The molecule has 1 aromatic carbocycles. The molecule has 5 heteroatoms. The molecule has 0 unspecified atom stereocenters. The second kappa shape index (κ2) is 7.29. The summed E-state index contributed by atoms with van der Waals surface area (Å²) in [5, 5.41) is 0. The normalized spacial score (nSPS) is 24.2.